The summed E-state index contributed by atoms with van der Waals surface area (Å²) in [5.41, 5.74) is 1.36. The highest BCUT2D eigenvalue weighted by molar-refractivity contribution is 7.90. The number of hydrogen-bond donors (Lipinski definition) is 1. The molecule has 4 rings (SSSR count). The van der Waals surface area contributed by atoms with Crippen LogP contribution in [0.15, 0.2) is 77.7 Å². The molecule has 3 aromatic carbocycles. The maximum atomic E-state index is 13.9. The number of carbonyl (C=O) groups is 3. The largest absolute Gasteiger partial charge is 0.354 e. The van der Waals surface area contributed by atoms with Crippen molar-refractivity contribution < 1.29 is 22.8 Å². The van der Waals surface area contributed by atoms with Crippen molar-refractivity contribution in [1.82, 2.24) is 14.5 Å². The summed E-state index contributed by atoms with van der Waals surface area (Å²) >= 11 is 12.9. The normalized spacial score (nSPS) is 14.4. The van der Waals surface area contributed by atoms with E-state index in [2.05, 4.69) is 5.32 Å². The molecule has 216 valence electrons. The zero-order chi connectivity index (χ0) is 29.6. The Morgan fingerprint density at radius 2 is 1.61 bits per heavy atom. The Hall–Kier alpha value is -3.40. The number of carbonyl (C=O) groups excluding carboxylic acids is 3. The third-order valence-corrected chi connectivity index (χ3v) is 9.48. The van der Waals surface area contributed by atoms with Crippen molar-refractivity contribution in [3.8, 4) is 0 Å². The number of fused-ring (bicyclic) bond motifs is 1. The summed E-state index contributed by atoms with van der Waals surface area (Å²) in [7, 11) is -4.10. The molecule has 0 saturated carbocycles. The van der Waals surface area contributed by atoms with E-state index in [0.29, 0.717) is 26.5 Å². The second kappa shape index (κ2) is 13.5. The summed E-state index contributed by atoms with van der Waals surface area (Å²) in [6.45, 7) is 1.98. The predicted octanol–water partition coefficient (Wildman–Crippen LogP) is 5.08. The molecule has 41 heavy (non-hydrogen) atoms. The molecule has 1 N–H and O–H groups in total. The minimum Gasteiger partial charge on any atom is -0.354 e. The van der Waals surface area contributed by atoms with E-state index in [-0.39, 0.29) is 42.3 Å². The molecule has 0 aliphatic carbocycles. The standard InChI is InChI=1S/C30H31Cl2N3O5S/c1-2-3-17-33-29(37)26(19-21-10-5-4-6-11-21)34(20-23-24(31)13-9-14-25(23)32)28(36)16-18-35-30(38)22-12-7-8-15-27(22)41(35,39)40/h4-15,26H,2-3,16-20H2,1H3,(H,33,37). The number of benzene rings is 3. The minimum atomic E-state index is -4.10. The SMILES string of the molecule is CCCCNC(=O)C(Cc1ccccc1)N(Cc1c(Cl)cccc1Cl)C(=O)CCN1C(=O)c2ccccc2S1(=O)=O. The third kappa shape index (κ3) is 6.92. The molecule has 3 amide bonds. The van der Waals surface area contributed by atoms with Crippen molar-refractivity contribution >= 4 is 50.9 Å². The fourth-order valence-corrected chi connectivity index (χ4v) is 6.79. The first-order valence-corrected chi connectivity index (χ1v) is 15.5. The number of nitrogens with one attached hydrogen (secondary N) is 1. The summed E-state index contributed by atoms with van der Waals surface area (Å²) in [6.07, 6.45) is 1.51. The lowest BCUT2D eigenvalue weighted by atomic mass is 10.0. The molecule has 0 aromatic heterocycles. The Morgan fingerprint density at radius 3 is 2.27 bits per heavy atom. The van der Waals surface area contributed by atoms with E-state index in [1.54, 1.807) is 30.3 Å². The highest BCUT2D eigenvalue weighted by atomic mass is 35.5. The van der Waals surface area contributed by atoms with Gasteiger partial charge in [0.15, 0.2) is 0 Å². The van der Waals surface area contributed by atoms with Crippen LogP contribution in [-0.4, -0.2) is 54.5 Å². The van der Waals surface area contributed by atoms with Gasteiger partial charge >= 0.3 is 0 Å². The van der Waals surface area contributed by atoms with Crippen LogP contribution >= 0.6 is 23.2 Å². The molecule has 1 atom stereocenters. The lowest BCUT2D eigenvalue weighted by molar-refractivity contribution is -0.141. The third-order valence-electron chi connectivity index (χ3n) is 6.93. The van der Waals surface area contributed by atoms with Crippen LogP contribution in [0.1, 0.15) is 47.7 Å². The highest BCUT2D eigenvalue weighted by Crippen LogP contribution is 2.31. The zero-order valence-corrected chi connectivity index (χ0v) is 24.9. The quantitative estimate of drug-likeness (QED) is 0.286. The Kier molecular flexibility index (Phi) is 10.1. The molecular weight excluding hydrogens is 585 g/mol. The minimum absolute atomic E-state index is 0.0666. The molecule has 3 aromatic rings. The number of hydrogen-bond acceptors (Lipinski definition) is 5. The summed E-state index contributed by atoms with van der Waals surface area (Å²) in [6, 6.07) is 19.2. The molecule has 1 unspecified atom stereocenters. The summed E-state index contributed by atoms with van der Waals surface area (Å²) in [5.74, 6) is -1.56. The fraction of sp³-hybridized carbons (Fsp3) is 0.300. The van der Waals surface area contributed by atoms with Crippen molar-refractivity contribution in [3.63, 3.8) is 0 Å². The van der Waals surface area contributed by atoms with E-state index in [0.717, 1.165) is 18.4 Å². The van der Waals surface area contributed by atoms with Crippen molar-refractivity contribution in [3.05, 3.63) is 99.5 Å². The monoisotopic (exact) mass is 615 g/mol. The molecular formula is C30H31Cl2N3O5S. The lowest BCUT2D eigenvalue weighted by Crippen LogP contribution is -2.51. The van der Waals surface area contributed by atoms with Crippen molar-refractivity contribution in [1.29, 1.82) is 0 Å². The topological polar surface area (TPSA) is 104 Å². The van der Waals surface area contributed by atoms with Crippen LogP contribution in [0.4, 0.5) is 0 Å². The molecule has 8 nitrogen and oxygen atoms in total. The van der Waals surface area contributed by atoms with Crippen LogP contribution in [0.3, 0.4) is 0 Å². The van der Waals surface area contributed by atoms with Gasteiger partial charge in [-0.15, -0.1) is 0 Å². The first-order chi connectivity index (χ1) is 19.6. The first-order valence-electron chi connectivity index (χ1n) is 13.3. The van der Waals surface area contributed by atoms with Crippen LogP contribution in [0, 0.1) is 0 Å². The Balaban J connectivity index is 1.66. The van der Waals surface area contributed by atoms with Crippen molar-refractivity contribution in [2.75, 3.05) is 13.1 Å². The molecule has 0 radical (unpaired) electrons. The number of nitrogens with zero attached hydrogens (tertiary/aromatic N) is 2. The maximum Gasteiger partial charge on any atom is 0.269 e. The predicted molar refractivity (Wildman–Crippen MR) is 158 cm³/mol. The average molecular weight is 617 g/mol. The summed E-state index contributed by atoms with van der Waals surface area (Å²) < 4.78 is 26.8. The van der Waals surface area contributed by atoms with Crippen LogP contribution in [-0.2, 0) is 32.6 Å². The molecule has 1 aliphatic rings. The van der Waals surface area contributed by atoms with Gasteiger partial charge in [0.05, 0.1) is 5.56 Å². The van der Waals surface area contributed by atoms with Gasteiger partial charge < -0.3 is 10.2 Å². The van der Waals surface area contributed by atoms with Gasteiger partial charge in [-0.05, 0) is 36.2 Å². The van der Waals surface area contributed by atoms with Crippen molar-refractivity contribution in [2.24, 2.45) is 0 Å². The molecule has 0 spiro atoms. The van der Waals surface area contributed by atoms with Crippen molar-refractivity contribution in [2.45, 2.75) is 50.1 Å². The molecule has 1 aliphatic heterocycles. The van der Waals surface area contributed by atoms with Gasteiger partial charge in [0, 0.05) is 48.1 Å². The van der Waals surface area contributed by atoms with Gasteiger partial charge in [-0.3, -0.25) is 14.4 Å². The van der Waals surface area contributed by atoms with Crippen LogP contribution in [0.2, 0.25) is 10.0 Å². The van der Waals surface area contributed by atoms with E-state index in [9.17, 15) is 22.8 Å². The van der Waals surface area contributed by atoms with Gasteiger partial charge in [-0.1, -0.05) is 85.1 Å². The van der Waals surface area contributed by atoms with Gasteiger partial charge in [-0.2, -0.15) is 0 Å². The molecule has 0 bridgehead atoms. The van der Waals surface area contributed by atoms with Gasteiger partial charge in [0.25, 0.3) is 15.9 Å². The number of unbranched alkanes of at least 4 members (excludes halogenated alkanes) is 1. The van der Waals surface area contributed by atoms with E-state index in [4.69, 9.17) is 23.2 Å². The van der Waals surface area contributed by atoms with Gasteiger partial charge in [0.2, 0.25) is 11.8 Å². The van der Waals surface area contributed by atoms with Crippen LogP contribution in [0.25, 0.3) is 0 Å². The van der Waals surface area contributed by atoms with E-state index >= 15 is 0 Å². The van der Waals surface area contributed by atoms with Crippen LogP contribution in [0.5, 0.6) is 0 Å². The molecule has 0 saturated heterocycles. The van der Waals surface area contributed by atoms with E-state index in [1.165, 1.54) is 17.0 Å². The van der Waals surface area contributed by atoms with Gasteiger partial charge in [-0.25, -0.2) is 12.7 Å². The second-order valence-electron chi connectivity index (χ2n) is 9.70. The highest BCUT2D eigenvalue weighted by Gasteiger charge is 2.41. The smallest absolute Gasteiger partial charge is 0.269 e. The fourth-order valence-electron chi connectivity index (χ4n) is 4.71. The Bertz CT molecular complexity index is 1510. The van der Waals surface area contributed by atoms with E-state index in [1.807, 2.05) is 37.3 Å². The molecule has 11 heteroatoms. The van der Waals surface area contributed by atoms with E-state index < -0.39 is 27.9 Å². The summed E-state index contributed by atoms with van der Waals surface area (Å²) in [4.78, 5) is 41.7. The zero-order valence-electron chi connectivity index (χ0n) is 22.6. The number of sulfonamides is 1. The summed E-state index contributed by atoms with van der Waals surface area (Å²) in [5, 5.41) is 3.58. The maximum absolute atomic E-state index is 13.9. The first kappa shape index (κ1) is 30.6. The average Bonchev–Trinajstić information content (AvgIpc) is 3.15. The van der Waals surface area contributed by atoms with Gasteiger partial charge in [0.1, 0.15) is 10.9 Å². The molecule has 1 heterocycles. The Labute approximate surface area is 250 Å². The lowest BCUT2D eigenvalue weighted by Gasteiger charge is -2.32. The number of amides is 3. The number of halogens is 2. The number of rotatable bonds is 12. The second-order valence-corrected chi connectivity index (χ2v) is 12.3. The Morgan fingerprint density at radius 1 is 0.951 bits per heavy atom. The molecule has 0 fully saturated rings. The van der Waals surface area contributed by atoms with Crippen LogP contribution < -0.4 is 5.32 Å².